The molecule has 5 heteroatoms. The monoisotopic (exact) mass is 139 g/mol. The molecule has 0 spiro atoms. The minimum Gasteiger partial charge on any atom is -0.538 e. The van der Waals surface area contributed by atoms with E-state index >= 15 is 0 Å². The maximum atomic E-state index is 8.82. The maximum Gasteiger partial charge on any atom is 0.504 e. The zero-order chi connectivity index (χ0) is 7.40. The van der Waals surface area contributed by atoms with E-state index < -0.39 is 7.69 Å². The van der Waals surface area contributed by atoms with Crippen molar-refractivity contribution in [2.45, 2.75) is 0 Å². The van der Waals surface area contributed by atoms with Gasteiger partial charge in [-0.2, -0.15) is 0 Å². The lowest BCUT2D eigenvalue weighted by atomic mass is 10.4. The molecule has 10 heavy (non-hydrogen) atoms. The van der Waals surface area contributed by atoms with Crippen molar-refractivity contribution in [2.75, 3.05) is 0 Å². The highest BCUT2D eigenvalue weighted by Crippen LogP contribution is 2.14. The lowest BCUT2D eigenvalue weighted by Crippen LogP contribution is -1.99. The average molecular weight is 139 g/mol. The van der Waals surface area contributed by atoms with Crippen molar-refractivity contribution < 1.29 is 14.8 Å². The molecule has 52 valence electrons. The van der Waals surface area contributed by atoms with Crippen LogP contribution < -0.4 is 4.65 Å². The van der Waals surface area contributed by atoms with Crippen molar-refractivity contribution in [1.29, 1.82) is 0 Å². The molecule has 0 radical (unpaired) electrons. The van der Waals surface area contributed by atoms with E-state index in [0.29, 0.717) is 5.75 Å². The van der Waals surface area contributed by atoms with Gasteiger partial charge in [-0.15, -0.1) is 0 Å². The molecule has 1 heterocycles. The fourth-order valence-electron chi connectivity index (χ4n) is 0.561. The van der Waals surface area contributed by atoms with Gasteiger partial charge in [0.05, 0.1) is 12.4 Å². The van der Waals surface area contributed by atoms with Crippen LogP contribution in [0.5, 0.6) is 11.5 Å². The third-order valence-corrected chi connectivity index (χ3v) is 0.930. The standard InChI is InChI=1S/C5H6BNO3/c8-4-1-5(10-6-9)3-7-2-4/h1-3,6,8-9H. The van der Waals surface area contributed by atoms with Crippen LogP contribution in [-0.2, 0) is 0 Å². The van der Waals surface area contributed by atoms with Crippen LogP contribution in [0.2, 0.25) is 0 Å². The van der Waals surface area contributed by atoms with Crippen LogP contribution in [-0.4, -0.2) is 22.8 Å². The molecular weight excluding hydrogens is 133 g/mol. The number of aromatic nitrogens is 1. The Morgan fingerprint density at radius 2 is 2.30 bits per heavy atom. The Morgan fingerprint density at radius 3 is 2.90 bits per heavy atom. The number of hydrogen-bond donors (Lipinski definition) is 2. The quantitative estimate of drug-likeness (QED) is 0.538. The van der Waals surface area contributed by atoms with Gasteiger partial charge in [-0.1, -0.05) is 0 Å². The van der Waals surface area contributed by atoms with E-state index in [1.807, 2.05) is 0 Å². The Bertz CT molecular complexity index is 218. The number of pyridine rings is 1. The van der Waals surface area contributed by atoms with E-state index in [2.05, 4.69) is 9.64 Å². The number of hydrogen-bond acceptors (Lipinski definition) is 4. The first kappa shape index (κ1) is 6.89. The Balaban J connectivity index is 2.75. The average Bonchev–Trinajstić information content (AvgIpc) is 1.88. The van der Waals surface area contributed by atoms with Gasteiger partial charge in [-0.25, -0.2) is 0 Å². The Hall–Kier alpha value is -1.23. The number of nitrogens with zero attached hydrogens (tertiary/aromatic N) is 1. The molecule has 0 aliphatic rings. The summed E-state index contributed by atoms with van der Waals surface area (Å²) in [6, 6.07) is 1.36. The molecule has 2 N–H and O–H groups in total. The van der Waals surface area contributed by atoms with E-state index in [1.165, 1.54) is 18.5 Å². The van der Waals surface area contributed by atoms with Crippen LogP contribution >= 0.6 is 0 Å². The van der Waals surface area contributed by atoms with Crippen molar-refractivity contribution in [1.82, 2.24) is 4.98 Å². The van der Waals surface area contributed by atoms with E-state index in [0.717, 1.165) is 0 Å². The highest BCUT2D eigenvalue weighted by molar-refractivity contribution is 6.17. The summed E-state index contributed by atoms with van der Waals surface area (Å²) in [6.45, 7) is 0. The predicted octanol–water partition coefficient (Wildman–Crippen LogP) is -0.575. The highest BCUT2D eigenvalue weighted by Gasteiger charge is 1.93. The summed E-state index contributed by atoms with van der Waals surface area (Å²) < 4.78 is 4.62. The van der Waals surface area contributed by atoms with Gasteiger partial charge in [-0.3, -0.25) is 4.98 Å². The van der Waals surface area contributed by atoms with Crippen molar-refractivity contribution in [3.63, 3.8) is 0 Å². The van der Waals surface area contributed by atoms with Crippen molar-refractivity contribution in [3.8, 4) is 11.5 Å². The van der Waals surface area contributed by atoms with E-state index in [-0.39, 0.29) is 5.75 Å². The van der Waals surface area contributed by atoms with Gasteiger partial charge >= 0.3 is 7.69 Å². The molecule has 4 nitrogen and oxygen atoms in total. The molecule has 0 aliphatic heterocycles. The minimum atomic E-state index is -0.412. The van der Waals surface area contributed by atoms with Gasteiger partial charge in [0.25, 0.3) is 0 Å². The Kier molecular flexibility index (Phi) is 2.12. The van der Waals surface area contributed by atoms with Crippen LogP contribution in [0.1, 0.15) is 0 Å². The summed E-state index contributed by atoms with van der Waals surface area (Å²) in [6.07, 6.45) is 2.68. The van der Waals surface area contributed by atoms with Crippen LogP contribution in [0.25, 0.3) is 0 Å². The second-order valence-corrected chi connectivity index (χ2v) is 1.65. The zero-order valence-corrected chi connectivity index (χ0v) is 5.19. The van der Waals surface area contributed by atoms with Gasteiger partial charge < -0.3 is 14.8 Å². The zero-order valence-electron chi connectivity index (χ0n) is 5.19. The third-order valence-electron chi connectivity index (χ3n) is 0.930. The second-order valence-electron chi connectivity index (χ2n) is 1.65. The summed E-state index contributed by atoms with van der Waals surface area (Å²) >= 11 is 0. The molecule has 1 aromatic heterocycles. The van der Waals surface area contributed by atoms with Gasteiger partial charge in [0.15, 0.2) is 0 Å². The van der Waals surface area contributed by atoms with Crippen LogP contribution in [0.4, 0.5) is 0 Å². The van der Waals surface area contributed by atoms with E-state index in [1.54, 1.807) is 0 Å². The molecule has 0 atom stereocenters. The lowest BCUT2D eigenvalue weighted by Gasteiger charge is -1.99. The fraction of sp³-hybridized carbons (Fsp3) is 0. The summed E-state index contributed by atoms with van der Waals surface area (Å²) in [7, 11) is -0.412. The van der Waals surface area contributed by atoms with Gasteiger partial charge in [0.1, 0.15) is 11.5 Å². The first-order valence-corrected chi connectivity index (χ1v) is 2.70. The summed E-state index contributed by atoms with van der Waals surface area (Å²) in [5.74, 6) is 0.369. The number of aromatic hydroxyl groups is 1. The molecule has 0 bridgehead atoms. The lowest BCUT2D eigenvalue weighted by molar-refractivity contribution is 0.441. The Labute approximate surface area is 58.4 Å². The van der Waals surface area contributed by atoms with Gasteiger partial charge in [0, 0.05) is 6.07 Å². The third kappa shape index (κ3) is 1.63. The van der Waals surface area contributed by atoms with Crippen LogP contribution in [0, 0.1) is 0 Å². The minimum absolute atomic E-state index is 0.0194. The summed E-state index contributed by atoms with van der Waals surface area (Å²) in [4.78, 5) is 3.62. The molecule has 0 aliphatic carbocycles. The predicted molar refractivity (Wildman–Crippen MR) is 35.9 cm³/mol. The van der Waals surface area contributed by atoms with Crippen LogP contribution in [0.15, 0.2) is 18.5 Å². The molecule has 0 saturated carbocycles. The molecular formula is C5H6BNO3. The molecule has 0 fully saturated rings. The Morgan fingerprint density at radius 1 is 1.50 bits per heavy atom. The molecule has 0 saturated heterocycles. The van der Waals surface area contributed by atoms with Gasteiger partial charge in [0.2, 0.25) is 0 Å². The topological polar surface area (TPSA) is 62.6 Å². The SMILES string of the molecule is OBOc1cncc(O)c1. The molecule has 0 unspecified atom stereocenters. The normalized spacial score (nSPS) is 8.90. The first-order chi connectivity index (χ1) is 4.83. The summed E-state index contributed by atoms with van der Waals surface area (Å²) in [5.41, 5.74) is 0. The summed E-state index contributed by atoms with van der Waals surface area (Å²) in [5, 5.41) is 17.1. The molecule has 0 aromatic carbocycles. The molecule has 1 rings (SSSR count). The van der Waals surface area contributed by atoms with Crippen molar-refractivity contribution in [2.24, 2.45) is 0 Å². The molecule has 0 amide bonds. The van der Waals surface area contributed by atoms with Crippen LogP contribution in [0.3, 0.4) is 0 Å². The highest BCUT2D eigenvalue weighted by atomic mass is 16.5. The van der Waals surface area contributed by atoms with Crippen molar-refractivity contribution in [3.05, 3.63) is 18.5 Å². The van der Waals surface area contributed by atoms with Gasteiger partial charge in [-0.05, 0) is 0 Å². The maximum absolute atomic E-state index is 8.82. The second kappa shape index (κ2) is 3.07. The fourth-order valence-corrected chi connectivity index (χ4v) is 0.561. The number of rotatable bonds is 2. The van der Waals surface area contributed by atoms with E-state index in [4.69, 9.17) is 10.1 Å². The first-order valence-electron chi connectivity index (χ1n) is 2.70. The molecule has 1 aromatic rings. The smallest absolute Gasteiger partial charge is 0.504 e. The largest absolute Gasteiger partial charge is 0.538 e. The van der Waals surface area contributed by atoms with E-state index in [9.17, 15) is 0 Å². The van der Waals surface area contributed by atoms with Crippen molar-refractivity contribution >= 4 is 7.69 Å².